The summed E-state index contributed by atoms with van der Waals surface area (Å²) in [5, 5.41) is 10.2. The van der Waals surface area contributed by atoms with Gasteiger partial charge < -0.3 is 10.0 Å². The minimum Gasteiger partial charge on any atom is -0.391 e. The van der Waals surface area contributed by atoms with Crippen LogP contribution >= 0.6 is 0 Å². The summed E-state index contributed by atoms with van der Waals surface area (Å²) in [7, 11) is 0. The lowest BCUT2D eigenvalue weighted by molar-refractivity contribution is -0.129. The molecule has 5 heteroatoms. The molecule has 0 unspecified atom stereocenters. The number of amides is 3. The van der Waals surface area contributed by atoms with Crippen LogP contribution in [0.15, 0.2) is 30.3 Å². The number of aliphatic hydroxyl groups is 1. The van der Waals surface area contributed by atoms with Crippen LogP contribution in [0.1, 0.15) is 31.2 Å². The van der Waals surface area contributed by atoms with Crippen molar-refractivity contribution in [2.24, 2.45) is 0 Å². The topological polar surface area (TPSA) is 60.9 Å². The number of rotatable bonds is 5. The molecule has 2 atom stereocenters. The second-order valence-electron chi connectivity index (χ2n) is 6.11. The van der Waals surface area contributed by atoms with Gasteiger partial charge in [0.15, 0.2) is 0 Å². The number of fused-ring (bicyclic) bond motifs is 1. The van der Waals surface area contributed by atoms with Crippen molar-refractivity contribution in [1.29, 1.82) is 0 Å². The van der Waals surface area contributed by atoms with Gasteiger partial charge in [-0.25, -0.2) is 4.79 Å². The first-order valence-electron chi connectivity index (χ1n) is 8.01. The van der Waals surface area contributed by atoms with E-state index in [0.29, 0.717) is 13.0 Å². The van der Waals surface area contributed by atoms with E-state index in [9.17, 15) is 14.7 Å². The number of carbonyl (C=O) groups is 2. The molecule has 2 aliphatic rings. The van der Waals surface area contributed by atoms with Gasteiger partial charge in [0.2, 0.25) is 0 Å². The molecule has 0 saturated carbocycles. The van der Waals surface area contributed by atoms with Gasteiger partial charge >= 0.3 is 6.03 Å². The third-order valence-electron chi connectivity index (χ3n) is 4.53. The fraction of sp³-hybridized carbons (Fsp3) is 0.529. The molecule has 0 spiro atoms. The number of piperidine rings is 1. The SMILES string of the molecule is O=C1[C@H]2CCCCN2C(=O)N1C[C@@H](O)CCc1ccccc1. The number of β-amino-alcohol motifs (C(OH)–C–C–N with tert-alkyl or cyclic N) is 1. The molecule has 1 aromatic rings. The number of nitrogens with zero attached hydrogens (tertiary/aromatic N) is 2. The van der Waals surface area contributed by atoms with Gasteiger partial charge in [0.25, 0.3) is 5.91 Å². The largest absolute Gasteiger partial charge is 0.391 e. The van der Waals surface area contributed by atoms with Gasteiger partial charge in [-0.3, -0.25) is 9.69 Å². The molecule has 1 N–H and O–H groups in total. The van der Waals surface area contributed by atoms with Crippen molar-refractivity contribution in [3.8, 4) is 0 Å². The Morgan fingerprint density at radius 3 is 2.68 bits per heavy atom. The van der Waals surface area contributed by atoms with Crippen LogP contribution in [0.4, 0.5) is 4.79 Å². The molecule has 0 aromatic heterocycles. The lowest BCUT2D eigenvalue weighted by atomic mass is 10.0. The summed E-state index contributed by atoms with van der Waals surface area (Å²) in [5.41, 5.74) is 1.15. The van der Waals surface area contributed by atoms with Crippen molar-refractivity contribution in [1.82, 2.24) is 9.80 Å². The van der Waals surface area contributed by atoms with Crippen LogP contribution in [-0.4, -0.2) is 52.1 Å². The van der Waals surface area contributed by atoms with E-state index in [1.807, 2.05) is 30.3 Å². The van der Waals surface area contributed by atoms with Crippen molar-refractivity contribution in [3.05, 3.63) is 35.9 Å². The van der Waals surface area contributed by atoms with E-state index < -0.39 is 6.10 Å². The summed E-state index contributed by atoms with van der Waals surface area (Å²) in [4.78, 5) is 27.5. The number of hydrogen-bond donors (Lipinski definition) is 1. The quantitative estimate of drug-likeness (QED) is 0.844. The summed E-state index contributed by atoms with van der Waals surface area (Å²) in [5.74, 6) is -0.136. The smallest absolute Gasteiger partial charge is 0.327 e. The summed E-state index contributed by atoms with van der Waals surface area (Å²) >= 11 is 0. The van der Waals surface area contributed by atoms with E-state index in [-0.39, 0.29) is 24.5 Å². The van der Waals surface area contributed by atoms with Crippen LogP contribution in [0.2, 0.25) is 0 Å². The van der Waals surface area contributed by atoms with Crippen molar-refractivity contribution >= 4 is 11.9 Å². The Kier molecular flexibility index (Phi) is 4.43. The standard InChI is InChI=1S/C17H22N2O3/c20-14(10-9-13-6-2-1-3-7-13)12-19-16(21)15-8-4-5-11-18(15)17(19)22/h1-3,6-7,14-15,20H,4-5,8-12H2/t14-,15+/m0/s1. The first kappa shape index (κ1) is 15.0. The Morgan fingerprint density at radius 2 is 1.95 bits per heavy atom. The van der Waals surface area contributed by atoms with E-state index >= 15 is 0 Å². The van der Waals surface area contributed by atoms with Crippen molar-refractivity contribution in [2.75, 3.05) is 13.1 Å². The normalized spacial score (nSPS) is 22.9. The maximum Gasteiger partial charge on any atom is 0.327 e. The highest BCUT2D eigenvalue weighted by atomic mass is 16.3. The Labute approximate surface area is 130 Å². The molecule has 5 nitrogen and oxygen atoms in total. The number of aryl methyl sites for hydroxylation is 1. The monoisotopic (exact) mass is 302 g/mol. The second-order valence-corrected chi connectivity index (χ2v) is 6.11. The predicted octanol–water partition coefficient (Wildman–Crippen LogP) is 1.80. The molecule has 2 fully saturated rings. The van der Waals surface area contributed by atoms with Gasteiger partial charge in [0.1, 0.15) is 6.04 Å². The lowest BCUT2D eigenvalue weighted by Gasteiger charge is -2.26. The zero-order valence-electron chi connectivity index (χ0n) is 12.6. The molecule has 2 saturated heterocycles. The Bertz CT molecular complexity index is 522. The molecule has 3 rings (SSSR count). The molecule has 118 valence electrons. The minimum atomic E-state index is -0.672. The highest BCUT2D eigenvalue weighted by Crippen LogP contribution is 2.26. The Balaban J connectivity index is 1.56. The zero-order chi connectivity index (χ0) is 15.5. The van der Waals surface area contributed by atoms with Crippen LogP contribution in [0.25, 0.3) is 0 Å². The fourth-order valence-electron chi connectivity index (χ4n) is 3.29. The second kappa shape index (κ2) is 6.48. The molecule has 3 amide bonds. The number of carbonyl (C=O) groups excluding carboxylic acids is 2. The van der Waals surface area contributed by atoms with Crippen molar-refractivity contribution in [2.45, 2.75) is 44.2 Å². The fourth-order valence-corrected chi connectivity index (χ4v) is 3.29. The number of aliphatic hydroxyl groups excluding tert-OH is 1. The van der Waals surface area contributed by atoms with Crippen molar-refractivity contribution in [3.63, 3.8) is 0 Å². The molecule has 1 aromatic carbocycles. The summed E-state index contributed by atoms with van der Waals surface area (Å²) < 4.78 is 0. The molecule has 22 heavy (non-hydrogen) atoms. The third-order valence-corrected chi connectivity index (χ3v) is 4.53. The van der Waals surface area contributed by atoms with Gasteiger partial charge in [-0.15, -0.1) is 0 Å². The zero-order valence-corrected chi connectivity index (χ0v) is 12.6. The average Bonchev–Trinajstić information content (AvgIpc) is 2.79. The number of benzene rings is 1. The van der Waals surface area contributed by atoms with E-state index in [2.05, 4.69) is 0 Å². The molecule has 2 heterocycles. The minimum absolute atomic E-state index is 0.109. The van der Waals surface area contributed by atoms with Crippen LogP contribution < -0.4 is 0 Å². The molecular weight excluding hydrogens is 280 g/mol. The first-order valence-corrected chi connectivity index (χ1v) is 8.01. The Morgan fingerprint density at radius 1 is 1.18 bits per heavy atom. The maximum absolute atomic E-state index is 12.3. The molecule has 0 bridgehead atoms. The Hall–Kier alpha value is -1.88. The van der Waals surface area contributed by atoms with Gasteiger partial charge in [-0.05, 0) is 37.7 Å². The first-order chi connectivity index (χ1) is 10.7. The molecule has 0 aliphatic carbocycles. The van der Waals surface area contributed by atoms with Crippen LogP contribution in [0, 0.1) is 0 Å². The van der Waals surface area contributed by atoms with Gasteiger partial charge in [0.05, 0.1) is 12.6 Å². The van der Waals surface area contributed by atoms with Crippen molar-refractivity contribution < 1.29 is 14.7 Å². The van der Waals surface area contributed by atoms with Crippen LogP contribution in [-0.2, 0) is 11.2 Å². The number of hydrogen-bond acceptors (Lipinski definition) is 3. The third kappa shape index (κ3) is 2.99. The van der Waals surface area contributed by atoms with Gasteiger partial charge in [0, 0.05) is 6.54 Å². The molecule has 0 radical (unpaired) electrons. The lowest BCUT2D eigenvalue weighted by Crippen LogP contribution is -2.39. The van der Waals surface area contributed by atoms with Crippen LogP contribution in [0.5, 0.6) is 0 Å². The maximum atomic E-state index is 12.3. The van der Waals surface area contributed by atoms with Gasteiger partial charge in [-0.2, -0.15) is 0 Å². The number of imide groups is 1. The van der Waals surface area contributed by atoms with E-state index in [1.165, 1.54) is 4.90 Å². The van der Waals surface area contributed by atoms with E-state index in [1.54, 1.807) is 4.90 Å². The van der Waals surface area contributed by atoms with E-state index in [4.69, 9.17) is 0 Å². The number of urea groups is 1. The van der Waals surface area contributed by atoms with E-state index in [0.717, 1.165) is 31.2 Å². The molecular formula is C17H22N2O3. The predicted molar refractivity (Wildman–Crippen MR) is 82.2 cm³/mol. The molecule has 2 aliphatic heterocycles. The van der Waals surface area contributed by atoms with Crippen LogP contribution in [0.3, 0.4) is 0 Å². The highest BCUT2D eigenvalue weighted by Gasteiger charge is 2.46. The highest BCUT2D eigenvalue weighted by molar-refractivity contribution is 6.04. The average molecular weight is 302 g/mol. The van der Waals surface area contributed by atoms with Gasteiger partial charge in [-0.1, -0.05) is 30.3 Å². The summed E-state index contributed by atoms with van der Waals surface area (Å²) in [6.07, 6.45) is 3.32. The summed E-state index contributed by atoms with van der Waals surface area (Å²) in [6.45, 7) is 0.767. The summed E-state index contributed by atoms with van der Waals surface area (Å²) in [6, 6.07) is 9.40.